The van der Waals surface area contributed by atoms with Crippen LogP contribution < -0.4 is 25.0 Å². The lowest BCUT2D eigenvalue weighted by Gasteiger charge is -2.18. The summed E-state index contributed by atoms with van der Waals surface area (Å²) >= 11 is 10.9. The molecule has 214 valence electrons. The lowest BCUT2D eigenvalue weighted by molar-refractivity contribution is -0.143. The van der Waals surface area contributed by atoms with Crippen LogP contribution in [0.15, 0.2) is 35.2 Å². The molecule has 0 atom stereocenters. The highest BCUT2D eigenvalue weighted by molar-refractivity contribution is 8.26. The zero-order valence-corrected chi connectivity index (χ0v) is 22.9. The van der Waals surface area contributed by atoms with Crippen molar-refractivity contribution >= 4 is 69.1 Å². The van der Waals surface area contributed by atoms with Crippen molar-refractivity contribution in [2.24, 2.45) is 0 Å². The van der Waals surface area contributed by atoms with Crippen LogP contribution in [0.25, 0.3) is 6.08 Å². The van der Waals surface area contributed by atoms with E-state index >= 15 is 0 Å². The predicted molar refractivity (Wildman–Crippen MR) is 142 cm³/mol. The molecule has 40 heavy (non-hydrogen) atoms. The minimum atomic E-state index is -5.12. The SMILES string of the molecule is COc1cc(/C=C2/SC(=S)N(NC(=S)C(=O)Nc3cc(C(F)(F)F)cc(C(F)(F)F)c3)C2=O)cc(OC)c1OC. The maximum atomic E-state index is 13.1. The number of nitrogens with one attached hydrogen (secondary N) is 2. The minimum absolute atomic E-state index is 0.0858. The number of hydrazine groups is 1. The van der Waals surface area contributed by atoms with Crippen LogP contribution in [0.5, 0.6) is 17.2 Å². The standard InChI is InChI=1S/C23H17F6N3O5S3/c1-35-14-4-10(5-15(36-2)17(14)37-3)6-16-20(34)32(21(39)40-16)31-19(38)18(33)30-13-8-11(22(24,25)26)7-12(9-13)23(27,28)29/h4-9H,1-3H3,(H,30,33)(H,31,38)/b16-6+. The third-order valence-corrected chi connectivity index (χ3v) is 6.62. The first kappa shape index (κ1) is 31.0. The number of halogens is 6. The predicted octanol–water partition coefficient (Wildman–Crippen LogP) is 5.42. The molecule has 1 saturated heterocycles. The van der Waals surface area contributed by atoms with Crippen LogP contribution >= 0.6 is 36.2 Å². The van der Waals surface area contributed by atoms with E-state index in [9.17, 15) is 35.9 Å². The van der Waals surface area contributed by atoms with Crippen LogP contribution in [0.4, 0.5) is 32.0 Å². The highest BCUT2D eigenvalue weighted by atomic mass is 32.2. The zero-order chi connectivity index (χ0) is 30.0. The number of alkyl halides is 6. The summed E-state index contributed by atoms with van der Waals surface area (Å²) in [7, 11) is 4.22. The van der Waals surface area contributed by atoms with Gasteiger partial charge < -0.3 is 19.5 Å². The molecule has 0 spiro atoms. The average Bonchev–Trinajstić information content (AvgIpc) is 3.13. The molecular formula is C23H17F6N3O5S3. The Balaban J connectivity index is 1.80. The van der Waals surface area contributed by atoms with Gasteiger partial charge in [-0.3, -0.25) is 15.0 Å². The van der Waals surface area contributed by atoms with Gasteiger partial charge in [0, 0.05) is 5.69 Å². The monoisotopic (exact) mass is 625 g/mol. The van der Waals surface area contributed by atoms with Crippen molar-refractivity contribution < 1.29 is 50.1 Å². The summed E-state index contributed by atoms with van der Waals surface area (Å²) < 4.78 is 94.3. The topological polar surface area (TPSA) is 89.1 Å². The highest BCUT2D eigenvalue weighted by Gasteiger charge is 2.38. The summed E-state index contributed by atoms with van der Waals surface area (Å²) in [5.41, 5.74) is -1.37. The maximum absolute atomic E-state index is 13.1. The number of amides is 2. The lowest BCUT2D eigenvalue weighted by atomic mass is 10.1. The fourth-order valence-corrected chi connectivity index (χ4v) is 4.59. The molecule has 0 bridgehead atoms. The van der Waals surface area contributed by atoms with Gasteiger partial charge in [-0.1, -0.05) is 24.0 Å². The van der Waals surface area contributed by atoms with Crippen molar-refractivity contribution in [3.8, 4) is 17.2 Å². The molecule has 1 aliphatic rings. The second kappa shape index (κ2) is 11.9. The van der Waals surface area contributed by atoms with E-state index in [1.807, 2.05) is 5.32 Å². The second-order valence-corrected chi connectivity index (χ2v) is 9.75. The summed E-state index contributed by atoms with van der Waals surface area (Å²) in [6, 6.07) is 3.66. The van der Waals surface area contributed by atoms with Crippen LogP contribution in [-0.4, -0.2) is 47.5 Å². The van der Waals surface area contributed by atoms with E-state index in [0.29, 0.717) is 34.9 Å². The van der Waals surface area contributed by atoms with Gasteiger partial charge in [0.05, 0.1) is 37.4 Å². The second-order valence-electron chi connectivity index (χ2n) is 7.67. The van der Waals surface area contributed by atoms with Crippen molar-refractivity contribution in [3.05, 3.63) is 51.9 Å². The molecular weight excluding hydrogens is 608 g/mol. The molecule has 2 amide bonds. The third-order valence-electron chi connectivity index (χ3n) is 5.04. The molecule has 1 fully saturated rings. The van der Waals surface area contributed by atoms with Gasteiger partial charge in [-0.15, -0.1) is 0 Å². The number of hydrogen-bond donors (Lipinski definition) is 2. The molecule has 2 aromatic rings. The van der Waals surface area contributed by atoms with Crippen LogP contribution in [0.1, 0.15) is 16.7 Å². The van der Waals surface area contributed by atoms with Crippen molar-refractivity contribution in [3.63, 3.8) is 0 Å². The Morgan fingerprint density at radius 2 is 1.45 bits per heavy atom. The van der Waals surface area contributed by atoms with Gasteiger partial charge in [0.1, 0.15) is 0 Å². The Kier molecular flexibility index (Phi) is 9.21. The Bertz CT molecular complexity index is 1350. The van der Waals surface area contributed by atoms with Crippen molar-refractivity contribution in [1.82, 2.24) is 10.4 Å². The van der Waals surface area contributed by atoms with E-state index in [1.54, 1.807) is 12.1 Å². The quantitative estimate of drug-likeness (QED) is 0.248. The number of rotatable bonds is 6. The van der Waals surface area contributed by atoms with Gasteiger partial charge in [0.15, 0.2) is 20.8 Å². The molecule has 8 nitrogen and oxygen atoms in total. The average molecular weight is 626 g/mol. The van der Waals surface area contributed by atoms with Crippen molar-refractivity contribution in [1.29, 1.82) is 0 Å². The molecule has 0 unspecified atom stereocenters. The van der Waals surface area contributed by atoms with Gasteiger partial charge in [0.25, 0.3) is 11.8 Å². The fourth-order valence-electron chi connectivity index (χ4n) is 3.27. The van der Waals surface area contributed by atoms with Gasteiger partial charge in [-0.25, -0.2) is 0 Å². The van der Waals surface area contributed by atoms with E-state index in [1.165, 1.54) is 27.4 Å². The first-order chi connectivity index (χ1) is 18.6. The molecule has 2 N–H and O–H groups in total. The number of carbonyl (C=O) groups excluding carboxylic acids is 2. The third kappa shape index (κ3) is 6.95. The van der Waals surface area contributed by atoms with E-state index in [0.717, 1.165) is 16.8 Å². The van der Waals surface area contributed by atoms with Crippen molar-refractivity contribution in [2.45, 2.75) is 12.4 Å². The van der Waals surface area contributed by atoms with Crippen LogP contribution in [0.2, 0.25) is 0 Å². The Labute approximate surface area is 237 Å². The lowest BCUT2D eigenvalue weighted by Crippen LogP contribution is -2.48. The number of hydrogen-bond acceptors (Lipinski definition) is 8. The fraction of sp³-hybridized carbons (Fsp3) is 0.217. The smallest absolute Gasteiger partial charge is 0.416 e. The molecule has 2 aromatic carbocycles. The number of nitrogens with zero attached hydrogens (tertiary/aromatic N) is 1. The van der Waals surface area contributed by atoms with E-state index in [4.69, 9.17) is 38.6 Å². The largest absolute Gasteiger partial charge is 0.493 e. The maximum Gasteiger partial charge on any atom is 0.416 e. The Morgan fingerprint density at radius 3 is 1.90 bits per heavy atom. The first-order valence-corrected chi connectivity index (χ1v) is 12.2. The van der Waals surface area contributed by atoms with Crippen LogP contribution in [0.3, 0.4) is 0 Å². The summed E-state index contributed by atoms with van der Waals surface area (Å²) in [5, 5.41) is 2.61. The number of thiocarbonyl (C=S) groups is 2. The molecule has 0 aliphatic carbocycles. The number of carbonyl (C=O) groups is 2. The van der Waals surface area contributed by atoms with Crippen molar-refractivity contribution in [2.75, 3.05) is 26.6 Å². The van der Waals surface area contributed by atoms with E-state index in [2.05, 4.69) is 5.43 Å². The zero-order valence-electron chi connectivity index (χ0n) is 20.4. The Morgan fingerprint density at radius 1 is 0.925 bits per heavy atom. The van der Waals surface area contributed by atoms with Crippen LogP contribution in [-0.2, 0) is 21.9 Å². The Hall–Kier alpha value is -3.57. The normalized spacial score (nSPS) is 14.8. The number of ether oxygens (including phenoxy) is 3. The minimum Gasteiger partial charge on any atom is -0.493 e. The van der Waals surface area contributed by atoms with Crippen LogP contribution in [0, 0.1) is 0 Å². The molecule has 0 radical (unpaired) electrons. The summed E-state index contributed by atoms with van der Waals surface area (Å²) in [6.07, 6.45) is -8.80. The van der Waals surface area contributed by atoms with E-state index < -0.39 is 46.0 Å². The number of anilines is 1. The molecule has 0 aromatic heterocycles. The highest BCUT2D eigenvalue weighted by Crippen LogP contribution is 2.40. The number of benzene rings is 2. The van der Waals surface area contributed by atoms with E-state index in [-0.39, 0.29) is 15.3 Å². The molecule has 17 heteroatoms. The summed E-state index contributed by atoms with van der Waals surface area (Å²) in [4.78, 5) is 24.8. The summed E-state index contributed by atoms with van der Waals surface area (Å²) in [5.74, 6) is -1.09. The number of methoxy groups -OCH3 is 3. The molecule has 1 aliphatic heterocycles. The number of thioether (sulfide) groups is 1. The molecule has 3 rings (SSSR count). The molecule has 1 heterocycles. The molecule has 0 saturated carbocycles. The van der Waals surface area contributed by atoms with Gasteiger partial charge in [0.2, 0.25) is 5.75 Å². The van der Waals surface area contributed by atoms with Gasteiger partial charge in [-0.2, -0.15) is 31.4 Å². The van der Waals surface area contributed by atoms with Gasteiger partial charge in [-0.05, 0) is 54.2 Å². The first-order valence-electron chi connectivity index (χ1n) is 10.6. The van der Waals surface area contributed by atoms with Gasteiger partial charge >= 0.3 is 12.4 Å². The summed E-state index contributed by atoms with van der Waals surface area (Å²) in [6.45, 7) is 0.